The summed E-state index contributed by atoms with van der Waals surface area (Å²) in [6.07, 6.45) is 1.90. The zero-order valence-corrected chi connectivity index (χ0v) is 9.29. The molecule has 0 rings (SSSR count). The lowest BCUT2D eigenvalue weighted by Gasteiger charge is -2.21. The molecule has 0 aromatic heterocycles. The van der Waals surface area contributed by atoms with Crippen molar-refractivity contribution in [2.45, 2.75) is 27.2 Å². The van der Waals surface area contributed by atoms with E-state index in [1.807, 2.05) is 0 Å². The first-order valence-electron chi connectivity index (χ1n) is 4.57. The first-order chi connectivity index (χ1) is 6.34. The van der Waals surface area contributed by atoms with Crippen LogP contribution in [-0.4, -0.2) is 18.9 Å². The number of carbonyl (C=O) groups is 2. The number of ether oxygens (including phenoxy) is 1. The van der Waals surface area contributed by atoms with Crippen LogP contribution in [0.1, 0.15) is 27.2 Å². The predicted octanol–water partition coefficient (Wildman–Crippen LogP) is 1.97. The molecule has 3 nitrogen and oxygen atoms in total. The third-order valence-electron chi connectivity index (χ3n) is 1.94. The first kappa shape index (κ1) is 12.9. The number of esters is 1. The summed E-state index contributed by atoms with van der Waals surface area (Å²) in [5.74, 6) is -1.30. The van der Waals surface area contributed by atoms with Crippen molar-refractivity contribution in [3.8, 4) is 0 Å². The van der Waals surface area contributed by atoms with E-state index < -0.39 is 17.3 Å². The molecule has 3 heteroatoms. The van der Waals surface area contributed by atoms with Crippen LogP contribution in [0.2, 0.25) is 0 Å². The molecule has 14 heavy (non-hydrogen) atoms. The van der Waals surface area contributed by atoms with Crippen molar-refractivity contribution in [3.05, 3.63) is 12.7 Å². The molecular formula is C11H18O3. The minimum absolute atomic E-state index is 0.107. The van der Waals surface area contributed by atoms with Gasteiger partial charge in [-0.1, -0.05) is 26.8 Å². The second-order valence-electron chi connectivity index (χ2n) is 4.21. The summed E-state index contributed by atoms with van der Waals surface area (Å²) in [6.45, 7) is 8.88. The van der Waals surface area contributed by atoms with Gasteiger partial charge < -0.3 is 4.74 Å². The van der Waals surface area contributed by atoms with Crippen LogP contribution in [0.4, 0.5) is 0 Å². The largest absolute Gasteiger partial charge is 0.468 e. The normalized spacial score (nSPS) is 13.1. The van der Waals surface area contributed by atoms with Crippen LogP contribution in [0.5, 0.6) is 0 Å². The van der Waals surface area contributed by atoms with Crippen LogP contribution >= 0.6 is 0 Å². The number of hydrogen-bond acceptors (Lipinski definition) is 3. The minimum atomic E-state index is -0.711. The molecule has 0 heterocycles. The molecule has 0 aromatic carbocycles. The standard InChI is InChI=1S/C11H18O3/c1-6-7-8(10(13)14-5)9(12)11(2,3)4/h6,8H,1,7H2,2-5H3. The van der Waals surface area contributed by atoms with Crippen molar-refractivity contribution < 1.29 is 14.3 Å². The van der Waals surface area contributed by atoms with Crippen LogP contribution in [0, 0.1) is 11.3 Å². The van der Waals surface area contributed by atoms with Crippen LogP contribution in [0.3, 0.4) is 0 Å². The highest BCUT2D eigenvalue weighted by Crippen LogP contribution is 2.23. The molecule has 80 valence electrons. The van der Waals surface area contributed by atoms with Gasteiger partial charge in [0.15, 0.2) is 5.78 Å². The summed E-state index contributed by atoms with van der Waals surface area (Å²) in [7, 11) is 1.29. The number of methoxy groups -OCH3 is 1. The molecular weight excluding hydrogens is 180 g/mol. The van der Waals surface area contributed by atoms with Gasteiger partial charge in [0.1, 0.15) is 5.92 Å². The predicted molar refractivity (Wildman–Crippen MR) is 54.8 cm³/mol. The maximum absolute atomic E-state index is 11.8. The molecule has 0 N–H and O–H groups in total. The lowest BCUT2D eigenvalue weighted by molar-refractivity contribution is -0.151. The Hall–Kier alpha value is -1.12. The van der Waals surface area contributed by atoms with Gasteiger partial charge in [-0.05, 0) is 6.42 Å². The minimum Gasteiger partial charge on any atom is -0.468 e. The summed E-state index contributed by atoms with van der Waals surface area (Å²) in [4.78, 5) is 23.1. The van der Waals surface area contributed by atoms with E-state index in [9.17, 15) is 9.59 Å². The van der Waals surface area contributed by atoms with Gasteiger partial charge in [-0.2, -0.15) is 0 Å². The Morgan fingerprint density at radius 2 is 1.93 bits per heavy atom. The second kappa shape index (κ2) is 4.94. The van der Waals surface area contributed by atoms with E-state index in [0.29, 0.717) is 6.42 Å². The van der Waals surface area contributed by atoms with Crippen LogP contribution < -0.4 is 0 Å². The number of carbonyl (C=O) groups excluding carboxylic acids is 2. The maximum atomic E-state index is 11.8. The van der Waals surface area contributed by atoms with Crippen molar-refractivity contribution >= 4 is 11.8 Å². The Labute approximate surface area is 85.1 Å². The van der Waals surface area contributed by atoms with Crippen LogP contribution in [0.25, 0.3) is 0 Å². The highest BCUT2D eigenvalue weighted by atomic mass is 16.5. The fraction of sp³-hybridized carbons (Fsp3) is 0.636. The smallest absolute Gasteiger partial charge is 0.316 e. The molecule has 0 saturated heterocycles. The van der Waals surface area contributed by atoms with Gasteiger partial charge in [0.25, 0.3) is 0 Å². The Morgan fingerprint density at radius 3 is 2.21 bits per heavy atom. The van der Waals surface area contributed by atoms with Crippen LogP contribution in [0.15, 0.2) is 12.7 Å². The fourth-order valence-corrected chi connectivity index (χ4v) is 1.14. The average Bonchev–Trinajstić information content (AvgIpc) is 2.10. The van der Waals surface area contributed by atoms with Crippen molar-refractivity contribution in [2.24, 2.45) is 11.3 Å². The number of ketones is 1. The van der Waals surface area contributed by atoms with Gasteiger partial charge in [-0.15, -0.1) is 6.58 Å². The molecule has 1 atom stereocenters. The van der Waals surface area contributed by atoms with Gasteiger partial charge in [-0.3, -0.25) is 9.59 Å². The summed E-state index contributed by atoms with van der Waals surface area (Å²) in [5.41, 5.74) is -0.526. The average molecular weight is 198 g/mol. The Bertz CT molecular complexity index is 235. The van der Waals surface area contributed by atoms with E-state index >= 15 is 0 Å². The van der Waals surface area contributed by atoms with Crippen LogP contribution in [-0.2, 0) is 14.3 Å². The number of hydrogen-bond donors (Lipinski definition) is 0. The molecule has 0 spiro atoms. The quantitative estimate of drug-likeness (QED) is 0.394. The van der Waals surface area contributed by atoms with Gasteiger partial charge in [0, 0.05) is 5.41 Å². The first-order valence-corrected chi connectivity index (χ1v) is 4.57. The zero-order valence-electron chi connectivity index (χ0n) is 9.29. The second-order valence-corrected chi connectivity index (χ2v) is 4.21. The number of Topliss-reactive ketones (excluding diaryl/α,β-unsaturated/α-hetero) is 1. The van der Waals surface area contributed by atoms with Crippen molar-refractivity contribution in [3.63, 3.8) is 0 Å². The lowest BCUT2D eigenvalue weighted by Crippen LogP contribution is -2.34. The highest BCUT2D eigenvalue weighted by molar-refractivity contribution is 6.01. The molecule has 0 aromatic rings. The lowest BCUT2D eigenvalue weighted by atomic mass is 9.81. The van der Waals surface area contributed by atoms with E-state index in [0.717, 1.165) is 0 Å². The topological polar surface area (TPSA) is 43.4 Å². The SMILES string of the molecule is C=CCC(C(=O)OC)C(=O)C(C)(C)C. The molecule has 0 fully saturated rings. The molecule has 0 amide bonds. The van der Waals surface area contributed by atoms with Crippen molar-refractivity contribution in [1.29, 1.82) is 0 Å². The van der Waals surface area contributed by atoms with E-state index in [2.05, 4.69) is 11.3 Å². The van der Waals surface area contributed by atoms with Crippen molar-refractivity contribution in [2.75, 3.05) is 7.11 Å². The maximum Gasteiger partial charge on any atom is 0.316 e. The zero-order chi connectivity index (χ0) is 11.4. The Balaban J connectivity index is 4.74. The molecule has 1 unspecified atom stereocenters. The molecule has 0 bridgehead atoms. The summed E-state index contributed by atoms with van der Waals surface area (Å²) < 4.78 is 4.57. The number of allylic oxidation sites excluding steroid dienone is 1. The fourth-order valence-electron chi connectivity index (χ4n) is 1.14. The van der Waals surface area contributed by atoms with E-state index in [-0.39, 0.29) is 5.78 Å². The van der Waals surface area contributed by atoms with Crippen molar-refractivity contribution in [1.82, 2.24) is 0 Å². The molecule has 0 saturated carbocycles. The number of rotatable bonds is 4. The van der Waals surface area contributed by atoms with Gasteiger partial charge in [0.2, 0.25) is 0 Å². The Morgan fingerprint density at radius 1 is 1.43 bits per heavy atom. The van der Waals surface area contributed by atoms with Gasteiger partial charge in [-0.25, -0.2) is 0 Å². The molecule has 0 aliphatic carbocycles. The van der Waals surface area contributed by atoms with Gasteiger partial charge in [0.05, 0.1) is 7.11 Å². The molecule has 0 aliphatic heterocycles. The third-order valence-corrected chi connectivity index (χ3v) is 1.94. The summed E-state index contributed by atoms with van der Waals surface area (Å²) in [6, 6.07) is 0. The monoisotopic (exact) mass is 198 g/mol. The summed E-state index contributed by atoms with van der Waals surface area (Å²) in [5, 5.41) is 0. The van der Waals surface area contributed by atoms with E-state index in [1.165, 1.54) is 7.11 Å². The molecule has 0 radical (unpaired) electrons. The van der Waals surface area contributed by atoms with E-state index in [4.69, 9.17) is 0 Å². The summed E-state index contributed by atoms with van der Waals surface area (Å²) >= 11 is 0. The highest BCUT2D eigenvalue weighted by Gasteiger charge is 2.34. The van der Waals surface area contributed by atoms with E-state index in [1.54, 1.807) is 26.8 Å². The molecule has 0 aliphatic rings. The third kappa shape index (κ3) is 3.32. The Kier molecular flexibility index (Phi) is 4.54. The van der Waals surface area contributed by atoms with Gasteiger partial charge >= 0.3 is 5.97 Å².